The molecule has 0 bridgehead atoms. The highest BCUT2D eigenvalue weighted by Gasteiger charge is 2.35. The first-order valence-electron chi connectivity index (χ1n) is 12.4. The maximum atomic E-state index is 13.2. The molecule has 0 saturated heterocycles. The normalized spacial score (nSPS) is 19.0. The van der Waals surface area contributed by atoms with E-state index in [4.69, 9.17) is 5.11 Å². The van der Waals surface area contributed by atoms with Crippen molar-refractivity contribution in [3.05, 3.63) is 0 Å². The predicted octanol–water partition coefficient (Wildman–Crippen LogP) is 3.04. The molecule has 0 aromatic heterocycles. The first-order chi connectivity index (χ1) is 16.0. The molecule has 196 valence electrons. The van der Waals surface area contributed by atoms with Crippen LogP contribution in [0.3, 0.4) is 0 Å². The molecule has 1 saturated carbocycles. The Morgan fingerprint density at radius 3 is 2.00 bits per heavy atom. The molecule has 34 heavy (non-hydrogen) atoms. The van der Waals surface area contributed by atoms with Crippen molar-refractivity contribution in [2.45, 2.75) is 116 Å². The van der Waals surface area contributed by atoms with Gasteiger partial charge in [-0.15, -0.1) is 0 Å². The second-order valence-corrected chi connectivity index (χ2v) is 9.50. The van der Waals surface area contributed by atoms with Crippen LogP contribution in [0.1, 0.15) is 85.5 Å². The van der Waals surface area contributed by atoms with Crippen LogP contribution in [0.4, 0.5) is 8.78 Å². The van der Waals surface area contributed by atoms with E-state index >= 15 is 0 Å². The Hall–Kier alpha value is -2.10. The number of nitrogens with one attached hydrogen (secondary N) is 3. The van der Waals surface area contributed by atoms with Crippen LogP contribution in [0.25, 0.3) is 0 Å². The number of carbonyl (C=O) groups excluding carboxylic acids is 3. The summed E-state index contributed by atoms with van der Waals surface area (Å²) < 4.78 is 25.9. The third-order valence-corrected chi connectivity index (χ3v) is 6.76. The van der Waals surface area contributed by atoms with Gasteiger partial charge in [0.15, 0.2) is 0 Å². The summed E-state index contributed by atoms with van der Waals surface area (Å²) in [4.78, 5) is 49.3. The summed E-state index contributed by atoms with van der Waals surface area (Å²) in [6.45, 7) is 7.84. The predicted molar refractivity (Wildman–Crippen MR) is 124 cm³/mol. The van der Waals surface area contributed by atoms with Gasteiger partial charge in [-0.3, -0.25) is 14.4 Å². The minimum atomic E-state index is -2.98. The minimum Gasteiger partial charge on any atom is -0.475 e. The summed E-state index contributed by atoms with van der Waals surface area (Å²) in [6.07, 6.45) is 2.62. The number of carboxylic acid groups (broad SMARTS) is 1. The van der Waals surface area contributed by atoms with Gasteiger partial charge in [-0.25, -0.2) is 13.6 Å². The molecule has 0 aromatic rings. The fraction of sp³-hybridized carbons (Fsp3) is 0.833. The van der Waals surface area contributed by atoms with Crippen molar-refractivity contribution in [3.8, 4) is 0 Å². The third-order valence-electron chi connectivity index (χ3n) is 6.76. The molecule has 8 nitrogen and oxygen atoms in total. The standard InChI is InChI=1S/C24H41F2N3O5/c1-5-14(3)20(27-15(4)6-2)23(32)29-18(12-16-10-8-7-9-11-16)22(31)28-17(13-19(25)26)21(30)24(33)34/h14-20,27H,5-13H2,1-4H3,(H,28,31)(H,29,32)(H,33,34)/t14?,15?,17?,18-,20-/m0/s1. The number of alkyl halides is 2. The Balaban J connectivity index is 3.09. The summed E-state index contributed by atoms with van der Waals surface area (Å²) in [5.74, 6) is -4.45. The maximum Gasteiger partial charge on any atom is 0.374 e. The smallest absolute Gasteiger partial charge is 0.374 e. The highest BCUT2D eigenvalue weighted by molar-refractivity contribution is 6.35. The molecule has 4 N–H and O–H groups in total. The number of Topliss-reactive ketones (excluding diaryl/α,β-unsaturated/α-hetero) is 1. The second-order valence-electron chi connectivity index (χ2n) is 9.50. The van der Waals surface area contributed by atoms with Gasteiger partial charge in [0.1, 0.15) is 12.1 Å². The summed E-state index contributed by atoms with van der Waals surface area (Å²) in [7, 11) is 0. The molecular formula is C24H41F2N3O5. The van der Waals surface area contributed by atoms with Crippen LogP contribution in [0.15, 0.2) is 0 Å². The Bertz CT molecular complexity index is 686. The number of carboxylic acids is 1. The Morgan fingerprint density at radius 1 is 0.912 bits per heavy atom. The molecule has 2 amide bonds. The van der Waals surface area contributed by atoms with Gasteiger partial charge in [0.05, 0.1) is 6.04 Å². The number of halogens is 2. The highest BCUT2D eigenvalue weighted by Crippen LogP contribution is 2.27. The Labute approximate surface area is 201 Å². The SMILES string of the molecule is CCC(C)N[C@H](C(=O)N[C@@H](CC1CCCCC1)C(=O)NC(CC(F)F)C(=O)C(=O)O)C(C)CC. The van der Waals surface area contributed by atoms with E-state index in [0.29, 0.717) is 6.42 Å². The number of hydrogen-bond acceptors (Lipinski definition) is 5. The van der Waals surface area contributed by atoms with E-state index in [1.165, 1.54) is 0 Å². The lowest BCUT2D eigenvalue weighted by molar-refractivity contribution is -0.151. The molecule has 3 unspecified atom stereocenters. The van der Waals surface area contributed by atoms with Crippen molar-refractivity contribution >= 4 is 23.6 Å². The van der Waals surface area contributed by atoms with Crippen molar-refractivity contribution in [2.24, 2.45) is 11.8 Å². The van der Waals surface area contributed by atoms with Gasteiger partial charge < -0.3 is 21.1 Å². The van der Waals surface area contributed by atoms with Gasteiger partial charge in [0.2, 0.25) is 18.2 Å². The summed E-state index contributed by atoms with van der Waals surface area (Å²) in [5, 5.41) is 17.2. The molecule has 1 fully saturated rings. The molecule has 0 spiro atoms. The summed E-state index contributed by atoms with van der Waals surface area (Å²) in [5.41, 5.74) is 0. The lowest BCUT2D eigenvalue weighted by Gasteiger charge is -2.31. The fourth-order valence-corrected chi connectivity index (χ4v) is 4.24. The Kier molecular flexibility index (Phi) is 13.2. The molecule has 0 heterocycles. The summed E-state index contributed by atoms with van der Waals surface area (Å²) in [6, 6.07) is -3.40. The lowest BCUT2D eigenvalue weighted by Crippen LogP contribution is -2.58. The van der Waals surface area contributed by atoms with Crippen LogP contribution >= 0.6 is 0 Å². The van der Waals surface area contributed by atoms with Gasteiger partial charge in [-0.05, 0) is 31.6 Å². The van der Waals surface area contributed by atoms with E-state index in [1.807, 2.05) is 27.7 Å². The monoisotopic (exact) mass is 489 g/mol. The molecule has 1 aliphatic carbocycles. The largest absolute Gasteiger partial charge is 0.475 e. The maximum absolute atomic E-state index is 13.2. The highest BCUT2D eigenvalue weighted by atomic mass is 19.3. The van der Waals surface area contributed by atoms with Gasteiger partial charge >= 0.3 is 5.97 Å². The quantitative estimate of drug-likeness (QED) is 0.262. The van der Waals surface area contributed by atoms with E-state index in [0.717, 1.165) is 44.9 Å². The van der Waals surface area contributed by atoms with Crippen LogP contribution in [0, 0.1) is 11.8 Å². The second kappa shape index (κ2) is 15.0. The van der Waals surface area contributed by atoms with Crippen molar-refractivity contribution in [1.82, 2.24) is 16.0 Å². The molecule has 1 rings (SSSR count). The van der Waals surface area contributed by atoms with Crippen LogP contribution in [-0.2, 0) is 19.2 Å². The first kappa shape index (κ1) is 29.9. The lowest BCUT2D eigenvalue weighted by atomic mass is 9.84. The topological polar surface area (TPSA) is 125 Å². The van der Waals surface area contributed by atoms with Crippen molar-refractivity contribution in [3.63, 3.8) is 0 Å². The average Bonchev–Trinajstić information content (AvgIpc) is 2.80. The molecule has 1 aliphatic rings. The van der Waals surface area contributed by atoms with Crippen LogP contribution in [0.2, 0.25) is 0 Å². The molecule has 0 radical (unpaired) electrons. The van der Waals surface area contributed by atoms with Crippen LogP contribution in [-0.4, -0.2) is 59.3 Å². The third kappa shape index (κ3) is 10.0. The van der Waals surface area contributed by atoms with Gasteiger partial charge in [0, 0.05) is 12.5 Å². The number of hydrogen-bond donors (Lipinski definition) is 4. The van der Waals surface area contributed by atoms with E-state index in [1.54, 1.807) is 0 Å². The fourth-order valence-electron chi connectivity index (χ4n) is 4.24. The Morgan fingerprint density at radius 2 is 1.50 bits per heavy atom. The number of rotatable bonds is 15. The van der Waals surface area contributed by atoms with Crippen LogP contribution < -0.4 is 16.0 Å². The number of carbonyl (C=O) groups is 4. The molecular weight excluding hydrogens is 448 g/mol. The summed E-state index contributed by atoms with van der Waals surface area (Å²) >= 11 is 0. The zero-order chi connectivity index (χ0) is 25.8. The van der Waals surface area contributed by atoms with E-state index in [-0.39, 0.29) is 23.8 Å². The zero-order valence-electron chi connectivity index (χ0n) is 20.7. The van der Waals surface area contributed by atoms with Gasteiger partial charge in [-0.2, -0.15) is 0 Å². The molecule has 0 aromatic carbocycles. The molecule has 5 atom stereocenters. The van der Waals surface area contributed by atoms with Crippen molar-refractivity contribution < 1.29 is 33.1 Å². The molecule has 10 heteroatoms. The number of amides is 2. The van der Waals surface area contributed by atoms with Gasteiger partial charge in [-0.1, -0.05) is 59.3 Å². The van der Waals surface area contributed by atoms with E-state index in [9.17, 15) is 28.0 Å². The van der Waals surface area contributed by atoms with E-state index in [2.05, 4.69) is 16.0 Å². The molecule has 0 aliphatic heterocycles. The van der Waals surface area contributed by atoms with Crippen molar-refractivity contribution in [2.75, 3.05) is 0 Å². The average molecular weight is 490 g/mol. The van der Waals surface area contributed by atoms with Crippen LogP contribution in [0.5, 0.6) is 0 Å². The van der Waals surface area contributed by atoms with E-state index < -0.39 is 48.6 Å². The first-order valence-corrected chi connectivity index (χ1v) is 12.4. The van der Waals surface area contributed by atoms with Gasteiger partial charge in [0.25, 0.3) is 5.78 Å². The minimum absolute atomic E-state index is 0.0208. The number of ketones is 1. The van der Waals surface area contributed by atoms with Crippen molar-refractivity contribution in [1.29, 1.82) is 0 Å². The zero-order valence-corrected chi connectivity index (χ0v) is 20.7. The number of aliphatic carboxylic acids is 1.